The Kier molecular flexibility index (Phi) is 32.5. The normalized spacial score (nSPS) is 17.9. The van der Waals surface area contributed by atoms with E-state index in [1.807, 2.05) is 83.1 Å². The number of carbonyl (C=O) groups excluding carboxylic acids is 2. The van der Waals surface area contributed by atoms with Crippen LogP contribution in [0.5, 0.6) is 5.75 Å². The number of methoxy groups -OCH3 is 1. The van der Waals surface area contributed by atoms with Gasteiger partial charge in [-0.25, -0.2) is 9.37 Å². The number of fused-ring (bicyclic) bond motifs is 2. The van der Waals surface area contributed by atoms with Gasteiger partial charge in [0.2, 0.25) is 0 Å². The average molecular weight is 1760 g/mol. The zero-order valence-corrected chi connectivity index (χ0v) is 74.2. The molecule has 4 N–H and O–H groups in total. The number of likely N-dealkylation sites (tertiary alicyclic amines) is 4. The number of benzene rings is 4. The molecule has 615 valence electrons. The molecule has 5 fully saturated rings. The first kappa shape index (κ1) is 90.6. The number of rotatable bonds is 13. The van der Waals surface area contributed by atoms with Gasteiger partial charge in [0.25, 0.3) is 11.8 Å². The third-order valence-corrected chi connectivity index (χ3v) is 22.3. The van der Waals surface area contributed by atoms with Crippen LogP contribution >= 0.6 is 52.6 Å². The maximum Gasteiger partial charge on any atom is 0.494 e. The fourth-order valence-corrected chi connectivity index (χ4v) is 14.9. The molecule has 5 aliphatic heterocycles. The molecule has 0 bridgehead atoms. The minimum Gasteiger partial charge on any atom is -0.494 e. The van der Waals surface area contributed by atoms with Crippen molar-refractivity contribution < 1.29 is 36.9 Å². The SMILES string of the molecule is CN1CCC(Cc2ccc(B3OC(C)(C)C(C)(C)O3)cc2C#N)C1.CN1CCC(N)C1.CN1CCC(Nc2ccc(Br)cc2C#N)C1.COc1cc(C(=O)N(C)C)cnc1-c1cc2nccc(-c3ccc(NC4CCN(C)C4)c(C#N)c3)c2o1.Cc1cc(C(=O)N(C)C)cnc1-c1cc2nccc(Cl)c2o1.N#Cc1cc(Br)ccc1F.[2H][B]P. The highest BCUT2D eigenvalue weighted by molar-refractivity contribution is 9.10. The van der Waals surface area contributed by atoms with E-state index in [0.29, 0.717) is 107 Å². The number of carbonyl (C=O) groups is 2. The van der Waals surface area contributed by atoms with Gasteiger partial charge in [-0.3, -0.25) is 24.5 Å². The minimum atomic E-state index is -0.481. The molecule has 5 atom stereocenters. The molecular weight excluding hydrogens is 1660 g/mol. The molecule has 24 nitrogen and oxygen atoms in total. The summed E-state index contributed by atoms with van der Waals surface area (Å²) in [5.74, 6) is 1.38. The predicted octanol–water partition coefficient (Wildman–Crippen LogP) is 14.4. The number of nitrogens with two attached hydrogens (primary N) is 1. The fourth-order valence-electron chi connectivity index (χ4n) is 13.9. The second-order valence-electron chi connectivity index (χ2n) is 31.1. The molecule has 6 aromatic heterocycles. The summed E-state index contributed by atoms with van der Waals surface area (Å²) in [5, 5.41) is 44.3. The van der Waals surface area contributed by atoms with Crippen LogP contribution in [0, 0.1) is 64.0 Å². The number of nitrogens with one attached hydrogen (secondary N) is 2. The lowest BCUT2D eigenvalue weighted by Gasteiger charge is -2.32. The van der Waals surface area contributed by atoms with Crippen LogP contribution in [0.15, 0.2) is 152 Å². The number of nitriles is 4. The van der Waals surface area contributed by atoms with Gasteiger partial charge in [-0.15, -0.1) is 0 Å². The van der Waals surface area contributed by atoms with Crippen molar-refractivity contribution in [3.05, 3.63) is 198 Å². The molecule has 0 saturated carbocycles. The predicted molar refractivity (Wildman–Crippen MR) is 477 cm³/mol. The summed E-state index contributed by atoms with van der Waals surface area (Å²) in [4.78, 5) is 54.0. The van der Waals surface area contributed by atoms with E-state index < -0.39 is 12.9 Å². The number of likely N-dealkylation sites (N-methyl/N-ethyl adjacent to an activating group) is 3. The van der Waals surface area contributed by atoms with Crippen molar-refractivity contribution in [2.75, 3.05) is 126 Å². The van der Waals surface area contributed by atoms with Crippen LogP contribution in [-0.4, -0.2) is 222 Å². The van der Waals surface area contributed by atoms with Crippen LogP contribution in [-0.2, 0) is 15.7 Å². The minimum absolute atomic E-state index is 0.0642. The van der Waals surface area contributed by atoms with E-state index in [4.69, 9.17) is 52.1 Å². The van der Waals surface area contributed by atoms with E-state index in [-0.39, 0.29) is 28.6 Å². The first-order valence-electron chi connectivity index (χ1n) is 39.1. The summed E-state index contributed by atoms with van der Waals surface area (Å²) < 4.78 is 50.0. The van der Waals surface area contributed by atoms with Gasteiger partial charge in [-0.05, 0) is 229 Å². The number of aryl methyl sites for hydroxylation is 1. The van der Waals surface area contributed by atoms with Crippen molar-refractivity contribution in [3.8, 4) is 64.1 Å². The number of hydrogen-bond acceptors (Lipinski definition) is 22. The second-order valence-corrected chi connectivity index (χ2v) is 33.3. The Labute approximate surface area is 718 Å². The van der Waals surface area contributed by atoms with Crippen molar-refractivity contribution in [1.29, 1.82) is 22.4 Å². The maximum absolute atomic E-state index is 12.5. The molecule has 5 unspecified atom stereocenters. The Bertz CT molecular complexity index is 5370. The highest BCUT2D eigenvalue weighted by Gasteiger charge is 2.52. The molecule has 118 heavy (non-hydrogen) atoms. The zero-order valence-electron chi connectivity index (χ0n) is 70.1. The number of furan rings is 2. The van der Waals surface area contributed by atoms with Gasteiger partial charge in [-0.1, -0.05) is 61.7 Å². The average Bonchev–Trinajstić information content (AvgIpc) is 1.63. The van der Waals surface area contributed by atoms with E-state index >= 15 is 0 Å². The first-order valence-corrected chi connectivity index (χ1v) is 41.1. The molecule has 10 aromatic rings. The molecule has 11 heterocycles. The molecular formula is C87H101B2Br2ClFN17O7P. The molecule has 15 rings (SSSR count). The summed E-state index contributed by atoms with van der Waals surface area (Å²) in [6.07, 6.45) is 11.9. The van der Waals surface area contributed by atoms with E-state index in [9.17, 15) is 24.5 Å². The standard InChI is InChI=1S/C28H28N6O3.C19H27BN2O2.C16H14ClN3O2.C12H14BrN3.C7H3BrFN.C5H12N2.BH3P/c1-33(2)28(35)19-12-24(36-4)26(31-15-19)25-13-23-27(37-25)21(7-9-30-23)17-5-6-22(18(11-17)14-29)32-20-8-10-34(3)16-20;1-18(2)19(3,4)24-20(23-18)17-7-6-15(16(11-17)12-21)10-14-8-9-22(5)13-14;1-9-6-10(16(21)20(2)3)8-19-14(9)13-7-12-15(22-13)11(17)4-5-18-12;1-16-5-4-11(8-16)15-12-3-2-10(13)6-9(12)7-14;8-6-1-2-7(9)5(3-6)4-10;1-7-3-2-5(6)4-7;1-2/h5-7,9,11-13,15,20,32H,8,10,16H2,1-4H3;6-7,11,14H,8-10,13H2,1-5H3;4-8H,1-3H3;2-3,6,11,15H,4-5,8H2,1H3;1-3H;5H,2-4,6H2,1H3;1H,2H2/i;;;;;;1D. The van der Waals surface area contributed by atoms with Crippen molar-refractivity contribution in [2.45, 2.75) is 96.1 Å². The third-order valence-electron chi connectivity index (χ3n) is 21.0. The van der Waals surface area contributed by atoms with Gasteiger partial charge in [0.1, 0.15) is 59.7 Å². The fraction of sp³-hybridized carbons (Fsp3) is 0.379. The largest absolute Gasteiger partial charge is 0.494 e. The van der Waals surface area contributed by atoms with Crippen molar-refractivity contribution >= 4 is 118 Å². The lowest BCUT2D eigenvalue weighted by atomic mass is 9.77. The van der Waals surface area contributed by atoms with E-state index in [1.165, 1.54) is 62.2 Å². The number of anilines is 2. The summed E-state index contributed by atoms with van der Waals surface area (Å²) in [5.41, 5.74) is 17.8. The lowest BCUT2D eigenvalue weighted by molar-refractivity contribution is 0.00578. The zero-order chi connectivity index (χ0) is 86.6. The topological polar surface area (TPSA) is 304 Å². The molecule has 4 aromatic carbocycles. The molecule has 2 amide bonds. The van der Waals surface area contributed by atoms with Gasteiger partial charge >= 0.3 is 7.12 Å². The summed E-state index contributed by atoms with van der Waals surface area (Å²) in [6, 6.07) is 42.4. The summed E-state index contributed by atoms with van der Waals surface area (Å²) >= 11 is 12.6. The van der Waals surface area contributed by atoms with Crippen LogP contribution in [0.25, 0.3) is 56.2 Å². The summed E-state index contributed by atoms with van der Waals surface area (Å²) in [7, 11) is 19.7. The number of amides is 2. The maximum atomic E-state index is 12.5. The number of hydrogen-bond donors (Lipinski definition) is 3. The van der Waals surface area contributed by atoms with Gasteiger partial charge < -0.3 is 68.6 Å². The number of pyridine rings is 4. The van der Waals surface area contributed by atoms with Crippen LogP contribution in [0.3, 0.4) is 0 Å². The molecule has 0 aliphatic carbocycles. The van der Waals surface area contributed by atoms with Crippen molar-refractivity contribution in [2.24, 2.45) is 11.7 Å². The van der Waals surface area contributed by atoms with Gasteiger partial charge in [0.15, 0.2) is 22.7 Å². The highest BCUT2D eigenvalue weighted by Crippen LogP contribution is 2.40. The van der Waals surface area contributed by atoms with Crippen LogP contribution in [0.4, 0.5) is 15.8 Å². The Balaban J connectivity index is 0.000000172. The molecule has 5 aliphatic rings. The smallest absolute Gasteiger partial charge is 0.494 e. The monoisotopic (exact) mass is 1760 g/mol. The lowest BCUT2D eigenvalue weighted by Crippen LogP contribution is -2.41. The van der Waals surface area contributed by atoms with Crippen LogP contribution in [0.1, 0.15) is 107 Å². The van der Waals surface area contributed by atoms with Crippen molar-refractivity contribution in [1.82, 2.24) is 49.3 Å². The van der Waals surface area contributed by atoms with E-state index in [2.05, 4.69) is 150 Å². The Morgan fingerprint density at radius 3 is 1.65 bits per heavy atom. The van der Waals surface area contributed by atoms with Crippen LogP contribution < -0.4 is 26.6 Å². The van der Waals surface area contributed by atoms with Gasteiger partial charge in [0, 0.05) is 124 Å². The Morgan fingerprint density at radius 1 is 0.653 bits per heavy atom. The van der Waals surface area contributed by atoms with Gasteiger partial charge in [-0.2, -0.15) is 30.2 Å². The van der Waals surface area contributed by atoms with Crippen molar-refractivity contribution in [3.63, 3.8) is 0 Å². The third kappa shape index (κ3) is 24.1. The first-order chi connectivity index (χ1) is 56.7. The molecule has 1 radical (unpaired) electrons. The number of halogens is 4. The molecule has 0 spiro atoms. The van der Waals surface area contributed by atoms with Gasteiger partial charge in [0.05, 0.1) is 74.2 Å². The summed E-state index contributed by atoms with van der Waals surface area (Å²) in [6.45, 7) is 18.8. The Hall–Kier alpha value is -9.68. The molecule has 5 saturated heterocycles. The quantitative estimate of drug-likeness (QED) is 0.0713. The number of nitrogens with zero attached hydrogens (tertiary/aromatic N) is 14. The van der Waals surface area contributed by atoms with E-state index in [1.54, 1.807) is 89.2 Å². The second kappa shape index (κ2) is 42.3. The van der Waals surface area contributed by atoms with Crippen LogP contribution in [0.2, 0.25) is 5.02 Å². The molecule has 31 heteroatoms. The van der Waals surface area contributed by atoms with E-state index in [0.717, 1.165) is 114 Å². The number of ether oxygens (including phenoxy) is 1. The highest BCUT2D eigenvalue weighted by atomic mass is 79.9. The number of aromatic nitrogens is 4. The Morgan fingerprint density at radius 2 is 1.15 bits per heavy atom.